The number of benzene rings is 2. The van der Waals surface area contributed by atoms with Gasteiger partial charge in [-0.3, -0.25) is 0 Å². The van der Waals surface area contributed by atoms with Crippen LogP contribution in [0.1, 0.15) is 78.4 Å². The van der Waals surface area contributed by atoms with E-state index in [1.54, 1.807) is 11.1 Å². The van der Waals surface area contributed by atoms with Crippen LogP contribution in [0.4, 0.5) is 0 Å². The Morgan fingerprint density at radius 3 is 1.88 bits per heavy atom. The van der Waals surface area contributed by atoms with Gasteiger partial charge in [-0.1, -0.05) is 74.3 Å². The lowest BCUT2D eigenvalue weighted by atomic mass is 9.93. The third-order valence-corrected chi connectivity index (χ3v) is 13.8. The maximum Gasteiger partial charge on any atom is 0.142 e. The van der Waals surface area contributed by atoms with E-state index < -0.39 is 8.24 Å². The van der Waals surface area contributed by atoms with Gasteiger partial charge in [0.2, 0.25) is 0 Å². The zero-order valence-electron chi connectivity index (χ0n) is 21.4. The van der Waals surface area contributed by atoms with Crippen LogP contribution in [0, 0.1) is 0 Å². The predicted molar refractivity (Wildman–Crippen MR) is 140 cm³/mol. The summed E-state index contributed by atoms with van der Waals surface area (Å²) in [7, 11) is -1.78. The molecule has 0 N–H and O–H groups in total. The van der Waals surface area contributed by atoms with E-state index in [0.29, 0.717) is 0 Å². The van der Waals surface area contributed by atoms with E-state index >= 15 is 0 Å². The molecular weight excluding hydrogens is 406 g/mol. The summed E-state index contributed by atoms with van der Waals surface area (Å²) in [5.41, 5.74) is 6.38. The topological polar surface area (TPSA) is 12.5 Å². The van der Waals surface area contributed by atoms with Crippen molar-refractivity contribution in [3.8, 4) is 11.1 Å². The lowest BCUT2D eigenvalue weighted by Crippen LogP contribution is -2.82. The molecule has 1 heterocycles. The summed E-state index contributed by atoms with van der Waals surface area (Å²) >= 11 is 0. The molecule has 1 aliphatic carbocycles. The van der Waals surface area contributed by atoms with Crippen molar-refractivity contribution in [2.45, 2.75) is 96.0 Å². The van der Waals surface area contributed by atoms with Crippen LogP contribution in [0.2, 0.25) is 12.6 Å². The van der Waals surface area contributed by atoms with Crippen molar-refractivity contribution in [2.75, 3.05) is 13.2 Å². The second-order valence-corrected chi connectivity index (χ2v) is 16.6. The average Bonchev–Trinajstić information content (AvgIpc) is 3.02. The smallest absolute Gasteiger partial charge is 0.142 e. The van der Waals surface area contributed by atoms with E-state index in [1.165, 1.54) is 49.4 Å². The first kappa shape index (κ1) is 23.7. The first-order chi connectivity index (χ1) is 15.0. The molecule has 1 aliphatic heterocycles. The highest BCUT2D eigenvalue weighted by Crippen LogP contribution is 2.62. The highest BCUT2D eigenvalue weighted by molar-refractivity contribution is 6.82. The zero-order valence-corrected chi connectivity index (χ0v) is 22.4. The van der Waals surface area contributed by atoms with Gasteiger partial charge in [-0.05, 0) is 76.3 Å². The van der Waals surface area contributed by atoms with Crippen LogP contribution in [0.15, 0.2) is 48.5 Å². The second-order valence-electron chi connectivity index (χ2n) is 12.2. The first-order valence-corrected chi connectivity index (χ1v) is 15.3. The van der Waals surface area contributed by atoms with Crippen molar-refractivity contribution in [1.82, 2.24) is 4.57 Å². The summed E-state index contributed by atoms with van der Waals surface area (Å²) in [5.74, 6) is 0. The minimum Gasteiger partial charge on any atom is -0.376 e. The van der Waals surface area contributed by atoms with E-state index in [9.17, 15) is 0 Å². The highest BCUT2D eigenvalue weighted by Gasteiger charge is 2.68. The van der Waals surface area contributed by atoms with Crippen LogP contribution < -0.4 is 0 Å². The molecule has 2 aromatic carbocycles. The molecule has 1 saturated heterocycles. The number of hydrogen-bond acceptors (Lipinski definition) is 2. The van der Waals surface area contributed by atoms with Crippen LogP contribution >= 0.6 is 0 Å². The van der Waals surface area contributed by atoms with Gasteiger partial charge in [0.15, 0.2) is 0 Å². The summed E-state index contributed by atoms with van der Waals surface area (Å²) in [6, 6.07) is 19.9. The molecule has 1 atom stereocenters. The average molecular weight is 450 g/mol. The summed E-state index contributed by atoms with van der Waals surface area (Å²) in [6.45, 7) is 18.4. The summed E-state index contributed by atoms with van der Waals surface area (Å²) in [4.78, 5) is 0. The Hall–Kier alpha value is -1.42. The van der Waals surface area contributed by atoms with Crippen molar-refractivity contribution in [3.63, 3.8) is 0 Å². The standard InChI is InChI=1S/C29H43NOSi/c1-27(2,3)30-22-29(32(30,7)21-15-9-8-14-20-31-28(4,5)6)25-18-12-10-16-23(25)24-17-11-13-19-26(24)29/h10-13,16-19H,8-9,14-15,20-22H2,1-7H3. The Morgan fingerprint density at radius 1 is 0.812 bits per heavy atom. The van der Waals surface area contributed by atoms with Crippen LogP contribution in [0.5, 0.6) is 0 Å². The Balaban J connectivity index is 1.56. The van der Waals surface area contributed by atoms with E-state index in [1.807, 2.05) is 0 Å². The number of fused-ring (bicyclic) bond motifs is 5. The van der Waals surface area contributed by atoms with Gasteiger partial charge in [-0.25, -0.2) is 0 Å². The van der Waals surface area contributed by atoms with Crippen molar-refractivity contribution in [1.29, 1.82) is 0 Å². The molecule has 2 aromatic rings. The molecule has 2 nitrogen and oxygen atoms in total. The van der Waals surface area contributed by atoms with E-state index in [-0.39, 0.29) is 16.2 Å². The Labute approximate surface area is 197 Å². The summed E-state index contributed by atoms with van der Waals surface area (Å²) in [6.07, 6.45) is 5.09. The van der Waals surface area contributed by atoms with Gasteiger partial charge >= 0.3 is 0 Å². The van der Waals surface area contributed by atoms with Crippen molar-refractivity contribution in [2.24, 2.45) is 0 Å². The molecule has 0 aromatic heterocycles. The van der Waals surface area contributed by atoms with Gasteiger partial charge in [0.25, 0.3) is 0 Å². The quantitative estimate of drug-likeness (QED) is 0.319. The number of unbranched alkanes of at least 4 members (excludes halogenated alkanes) is 3. The highest BCUT2D eigenvalue weighted by atomic mass is 28.3. The van der Waals surface area contributed by atoms with Gasteiger partial charge < -0.3 is 9.30 Å². The Bertz CT molecular complexity index is 909. The molecular formula is C29H43NOSi. The minimum absolute atomic E-state index is 0.0187. The van der Waals surface area contributed by atoms with Crippen LogP contribution in [0.3, 0.4) is 0 Å². The van der Waals surface area contributed by atoms with E-state index in [0.717, 1.165) is 6.61 Å². The van der Waals surface area contributed by atoms with Gasteiger partial charge in [0.05, 0.1) is 5.60 Å². The fourth-order valence-electron chi connectivity index (χ4n) is 6.43. The molecule has 0 saturated carbocycles. The minimum atomic E-state index is -1.78. The lowest BCUT2D eigenvalue weighted by molar-refractivity contribution is -0.00472. The van der Waals surface area contributed by atoms with Gasteiger partial charge in [0, 0.05) is 23.7 Å². The molecule has 1 fully saturated rings. The van der Waals surface area contributed by atoms with E-state index in [4.69, 9.17) is 4.74 Å². The summed E-state index contributed by atoms with van der Waals surface area (Å²) < 4.78 is 8.84. The molecule has 0 bridgehead atoms. The fourth-order valence-corrected chi connectivity index (χ4v) is 12.4. The lowest BCUT2D eigenvalue weighted by Gasteiger charge is -2.68. The van der Waals surface area contributed by atoms with E-state index in [2.05, 4.69) is 101 Å². The first-order valence-electron chi connectivity index (χ1n) is 12.6. The Kier molecular flexibility index (Phi) is 6.24. The summed E-state index contributed by atoms with van der Waals surface area (Å²) in [5, 5.41) is 0.239. The molecule has 2 aliphatic rings. The fraction of sp³-hybridized carbons (Fsp3) is 0.586. The van der Waals surface area contributed by atoms with Crippen molar-refractivity contribution < 1.29 is 4.74 Å². The van der Waals surface area contributed by atoms with Crippen LogP contribution in [-0.4, -0.2) is 37.1 Å². The molecule has 0 amide bonds. The molecule has 32 heavy (non-hydrogen) atoms. The molecule has 0 radical (unpaired) electrons. The molecule has 4 rings (SSSR count). The van der Waals surface area contributed by atoms with Crippen molar-refractivity contribution in [3.05, 3.63) is 59.7 Å². The Morgan fingerprint density at radius 2 is 1.34 bits per heavy atom. The predicted octanol–water partition coefficient (Wildman–Crippen LogP) is 7.56. The SMILES string of the molecule is CC(C)(C)OCCCCCC[Si]1(C)N(C(C)(C)C)CC12c1ccccc1-c1ccccc12. The van der Waals surface area contributed by atoms with Gasteiger partial charge in [0.1, 0.15) is 8.24 Å². The third kappa shape index (κ3) is 3.91. The maximum absolute atomic E-state index is 5.93. The number of ether oxygens (including phenoxy) is 1. The zero-order chi connectivity index (χ0) is 23.2. The largest absolute Gasteiger partial charge is 0.376 e. The van der Waals surface area contributed by atoms with Crippen molar-refractivity contribution >= 4 is 8.24 Å². The normalized spacial score (nSPS) is 22.0. The van der Waals surface area contributed by atoms with Crippen LogP contribution in [-0.2, 0) is 9.78 Å². The molecule has 3 heteroatoms. The third-order valence-electron chi connectivity index (χ3n) is 7.88. The molecule has 174 valence electrons. The van der Waals surface area contributed by atoms with Crippen LogP contribution in [0.25, 0.3) is 11.1 Å². The monoisotopic (exact) mass is 449 g/mol. The van der Waals surface area contributed by atoms with Gasteiger partial charge in [-0.2, -0.15) is 0 Å². The maximum atomic E-state index is 5.93. The number of rotatable bonds is 7. The number of nitrogens with zero attached hydrogens (tertiary/aromatic N) is 1. The number of hydrogen-bond donors (Lipinski definition) is 0. The molecule has 1 unspecified atom stereocenters. The second kappa shape index (κ2) is 8.41. The molecule has 1 spiro atoms. The van der Waals surface area contributed by atoms with Gasteiger partial charge in [-0.15, -0.1) is 0 Å².